The molecule has 0 saturated heterocycles. The van der Waals surface area contributed by atoms with Crippen molar-refractivity contribution < 1.29 is 4.74 Å². The van der Waals surface area contributed by atoms with Gasteiger partial charge in [-0.2, -0.15) is 0 Å². The van der Waals surface area contributed by atoms with Gasteiger partial charge in [0.1, 0.15) is 5.75 Å². The molecule has 0 aromatic heterocycles. The number of hydrogen-bond donors (Lipinski definition) is 1. The monoisotopic (exact) mass is 323 g/mol. The van der Waals surface area contributed by atoms with Crippen LogP contribution >= 0.6 is 23.2 Å². The highest BCUT2D eigenvalue weighted by Crippen LogP contribution is 2.29. The van der Waals surface area contributed by atoms with Crippen molar-refractivity contribution in [2.24, 2.45) is 0 Å². The quantitative estimate of drug-likeness (QED) is 0.793. The normalized spacial score (nSPS) is 13.8. The number of benzene rings is 2. The lowest BCUT2D eigenvalue weighted by Gasteiger charge is -2.22. The first-order chi connectivity index (χ1) is 10.0. The van der Waals surface area contributed by atoms with Gasteiger partial charge in [0, 0.05) is 17.6 Å². The van der Waals surface area contributed by atoms with Crippen LogP contribution in [0, 0.1) is 0 Å². The van der Waals surface area contributed by atoms with Crippen LogP contribution in [0.3, 0.4) is 0 Å². The highest BCUT2D eigenvalue weighted by atomic mass is 35.5. The second kappa shape index (κ2) is 7.17. The van der Waals surface area contributed by atoms with E-state index in [9.17, 15) is 0 Å². The summed E-state index contributed by atoms with van der Waals surface area (Å²) in [5.74, 6) is 0.888. The van der Waals surface area contributed by atoms with E-state index in [1.165, 1.54) is 0 Å². The van der Waals surface area contributed by atoms with Crippen LogP contribution in [0.2, 0.25) is 10.0 Å². The Kier molecular flexibility index (Phi) is 5.51. The zero-order valence-corrected chi connectivity index (χ0v) is 13.9. The number of hydrogen-bond acceptors (Lipinski definition) is 2. The Morgan fingerprint density at radius 1 is 0.952 bits per heavy atom. The molecule has 0 bridgehead atoms. The standard InChI is InChI=1S/C17H19Cl2NO/c1-11(13-8-9-15(18)16(19)10-13)20-12(2)14-6-4-5-7-17(14)21-3/h4-12,20H,1-3H3/t11?,12-/m0/s1. The third-order valence-electron chi connectivity index (χ3n) is 3.55. The van der Waals surface area contributed by atoms with E-state index in [1.807, 2.05) is 36.4 Å². The van der Waals surface area contributed by atoms with Gasteiger partial charge in [-0.1, -0.05) is 47.5 Å². The highest BCUT2D eigenvalue weighted by molar-refractivity contribution is 6.42. The van der Waals surface area contributed by atoms with E-state index in [0.717, 1.165) is 16.9 Å². The zero-order chi connectivity index (χ0) is 15.4. The number of methoxy groups -OCH3 is 1. The van der Waals surface area contributed by atoms with Gasteiger partial charge in [0.15, 0.2) is 0 Å². The van der Waals surface area contributed by atoms with Gasteiger partial charge in [0.2, 0.25) is 0 Å². The molecule has 0 aliphatic heterocycles. The fourth-order valence-corrected chi connectivity index (χ4v) is 2.67. The summed E-state index contributed by atoms with van der Waals surface area (Å²) in [7, 11) is 1.69. The summed E-state index contributed by atoms with van der Waals surface area (Å²) in [6, 6.07) is 14.0. The van der Waals surface area contributed by atoms with Gasteiger partial charge in [-0.15, -0.1) is 0 Å². The van der Waals surface area contributed by atoms with E-state index >= 15 is 0 Å². The molecule has 0 aliphatic carbocycles. The smallest absolute Gasteiger partial charge is 0.123 e. The maximum atomic E-state index is 6.08. The second-order valence-electron chi connectivity index (χ2n) is 5.03. The topological polar surface area (TPSA) is 21.3 Å². The van der Waals surface area contributed by atoms with E-state index in [0.29, 0.717) is 10.0 Å². The lowest BCUT2D eigenvalue weighted by atomic mass is 10.0. The molecular formula is C17H19Cl2NO. The van der Waals surface area contributed by atoms with E-state index in [4.69, 9.17) is 27.9 Å². The lowest BCUT2D eigenvalue weighted by molar-refractivity contribution is 0.396. The van der Waals surface area contributed by atoms with Crippen molar-refractivity contribution in [3.8, 4) is 5.75 Å². The minimum absolute atomic E-state index is 0.152. The molecule has 2 rings (SSSR count). The van der Waals surface area contributed by atoms with E-state index in [-0.39, 0.29) is 12.1 Å². The Morgan fingerprint density at radius 3 is 2.33 bits per heavy atom. The van der Waals surface area contributed by atoms with Crippen molar-refractivity contribution in [3.05, 3.63) is 63.6 Å². The highest BCUT2D eigenvalue weighted by Gasteiger charge is 2.15. The number of ether oxygens (including phenoxy) is 1. The largest absolute Gasteiger partial charge is 0.496 e. The molecule has 2 aromatic carbocycles. The number of halogens is 2. The molecule has 0 amide bonds. The third-order valence-corrected chi connectivity index (χ3v) is 4.29. The Bertz CT molecular complexity index is 615. The van der Waals surface area contributed by atoms with Gasteiger partial charge < -0.3 is 10.1 Å². The molecular weight excluding hydrogens is 305 g/mol. The van der Waals surface area contributed by atoms with Gasteiger partial charge in [-0.3, -0.25) is 0 Å². The molecule has 0 heterocycles. The fraction of sp³-hybridized carbons (Fsp3) is 0.294. The molecule has 112 valence electrons. The number of nitrogens with one attached hydrogen (secondary N) is 1. The first-order valence-corrected chi connectivity index (χ1v) is 7.62. The summed E-state index contributed by atoms with van der Waals surface area (Å²) in [5.41, 5.74) is 2.23. The fourth-order valence-electron chi connectivity index (χ4n) is 2.37. The maximum Gasteiger partial charge on any atom is 0.123 e. The average molecular weight is 324 g/mol. The Balaban J connectivity index is 2.14. The van der Waals surface area contributed by atoms with E-state index in [2.05, 4.69) is 25.2 Å². The first-order valence-electron chi connectivity index (χ1n) is 6.87. The second-order valence-corrected chi connectivity index (χ2v) is 5.84. The molecule has 2 aromatic rings. The van der Waals surface area contributed by atoms with Crippen LogP contribution < -0.4 is 10.1 Å². The SMILES string of the molecule is COc1ccccc1[C@H](C)NC(C)c1ccc(Cl)c(Cl)c1. The summed E-state index contributed by atoms with van der Waals surface area (Å²) in [6.07, 6.45) is 0. The van der Waals surface area contributed by atoms with Crippen LogP contribution in [-0.4, -0.2) is 7.11 Å². The van der Waals surface area contributed by atoms with Crippen LogP contribution in [0.1, 0.15) is 37.1 Å². The molecule has 4 heteroatoms. The maximum absolute atomic E-state index is 6.08. The molecule has 0 spiro atoms. The summed E-state index contributed by atoms with van der Waals surface area (Å²) in [5, 5.41) is 4.70. The summed E-state index contributed by atoms with van der Waals surface area (Å²) >= 11 is 12.0. The van der Waals surface area contributed by atoms with Crippen LogP contribution in [-0.2, 0) is 0 Å². The van der Waals surface area contributed by atoms with Crippen LogP contribution in [0.5, 0.6) is 5.75 Å². The van der Waals surface area contributed by atoms with Crippen LogP contribution in [0.15, 0.2) is 42.5 Å². The van der Waals surface area contributed by atoms with Gasteiger partial charge in [-0.25, -0.2) is 0 Å². The molecule has 0 aliphatic rings. The van der Waals surface area contributed by atoms with Crippen molar-refractivity contribution >= 4 is 23.2 Å². The van der Waals surface area contributed by atoms with Crippen molar-refractivity contribution in [3.63, 3.8) is 0 Å². The summed E-state index contributed by atoms with van der Waals surface area (Å²) in [6.45, 7) is 4.22. The van der Waals surface area contributed by atoms with Crippen molar-refractivity contribution in [1.29, 1.82) is 0 Å². The minimum Gasteiger partial charge on any atom is -0.496 e. The van der Waals surface area contributed by atoms with Crippen LogP contribution in [0.4, 0.5) is 0 Å². The zero-order valence-electron chi connectivity index (χ0n) is 12.4. The summed E-state index contributed by atoms with van der Waals surface area (Å²) in [4.78, 5) is 0. The van der Waals surface area contributed by atoms with Gasteiger partial charge in [-0.05, 0) is 37.6 Å². The van der Waals surface area contributed by atoms with E-state index < -0.39 is 0 Å². The molecule has 2 atom stereocenters. The number of para-hydroxylation sites is 1. The lowest BCUT2D eigenvalue weighted by Crippen LogP contribution is -2.22. The summed E-state index contributed by atoms with van der Waals surface area (Å²) < 4.78 is 5.41. The Hall–Kier alpha value is -1.22. The Labute approximate surface area is 136 Å². The molecule has 0 fully saturated rings. The predicted molar refractivity (Wildman–Crippen MR) is 89.4 cm³/mol. The Morgan fingerprint density at radius 2 is 1.67 bits per heavy atom. The molecule has 21 heavy (non-hydrogen) atoms. The van der Waals surface area contributed by atoms with Crippen molar-refractivity contribution in [2.45, 2.75) is 25.9 Å². The molecule has 1 N–H and O–H groups in total. The average Bonchev–Trinajstić information content (AvgIpc) is 2.49. The third kappa shape index (κ3) is 3.91. The molecule has 0 radical (unpaired) electrons. The van der Waals surface area contributed by atoms with Crippen molar-refractivity contribution in [1.82, 2.24) is 5.32 Å². The van der Waals surface area contributed by atoms with Crippen LogP contribution in [0.25, 0.3) is 0 Å². The molecule has 0 saturated carbocycles. The van der Waals surface area contributed by atoms with Gasteiger partial charge in [0.05, 0.1) is 17.2 Å². The van der Waals surface area contributed by atoms with E-state index in [1.54, 1.807) is 7.11 Å². The van der Waals surface area contributed by atoms with Gasteiger partial charge in [0.25, 0.3) is 0 Å². The predicted octanol–water partition coefficient (Wildman–Crippen LogP) is 5.41. The molecule has 1 unspecified atom stereocenters. The van der Waals surface area contributed by atoms with Crippen molar-refractivity contribution in [2.75, 3.05) is 7.11 Å². The number of rotatable bonds is 5. The first kappa shape index (κ1) is 16.2. The van der Waals surface area contributed by atoms with Gasteiger partial charge >= 0.3 is 0 Å². The minimum atomic E-state index is 0.152. The molecule has 2 nitrogen and oxygen atoms in total.